The number of carbonyl (C=O) groups is 1. The van der Waals surface area contributed by atoms with Gasteiger partial charge in [0.1, 0.15) is 5.82 Å². The molecule has 8 heteroatoms. The number of piperidine rings is 1. The van der Waals surface area contributed by atoms with Crippen LogP contribution in [0.3, 0.4) is 0 Å². The van der Waals surface area contributed by atoms with Crippen LogP contribution in [0.15, 0.2) is 18.2 Å². The zero-order chi connectivity index (χ0) is 15.7. The van der Waals surface area contributed by atoms with Crippen LogP contribution in [0.2, 0.25) is 0 Å². The molecule has 1 aliphatic heterocycles. The lowest BCUT2D eigenvalue weighted by molar-refractivity contribution is 0.0690. The molecule has 2 fully saturated rings. The first-order valence-corrected chi connectivity index (χ1v) is 8.93. The van der Waals surface area contributed by atoms with Gasteiger partial charge in [0, 0.05) is 19.1 Å². The van der Waals surface area contributed by atoms with Crippen LogP contribution in [0.1, 0.15) is 36.2 Å². The second-order valence-corrected chi connectivity index (χ2v) is 8.01. The Morgan fingerprint density at radius 3 is 2.77 bits per heavy atom. The molecule has 1 saturated heterocycles. The second kappa shape index (κ2) is 5.85. The fourth-order valence-electron chi connectivity index (χ4n) is 2.71. The maximum Gasteiger partial charge on any atom is 0.354 e. The quantitative estimate of drug-likeness (QED) is 0.842. The third kappa shape index (κ3) is 3.22. The SMILES string of the molecule is O=C(O)c1cccc(N[C@@H]2CCCN(S(=O)(=O)C3CC3)C2)n1. The number of hydrogen-bond donors (Lipinski definition) is 2. The van der Waals surface area contributed by atoms with Crippen LogP contribution < -0.4 is 5.32 Å². The molecule has 0 radical (unpaired) electrons. The van der Waals surface area contributed by atoms with Gasteiger partial charge in [-0.05, 0) is 37.8 Å². The van der Waals surface area contributed by atoms with E-state index in [0.29, 0.717) is 18.9 Å². The van der Waals surface area contributed by atoms with Crippen LogP contribution >= 0.6 is 0 Å². The van der Waals surface area contributed by atoms with Gasteiger partial charge in [-0.2, -0.15) is 4.31 Å². The highest BCUT2D eigenvalue weighted by atomic mass is 32.2. The van der Waals surface area contributed by atoms with Crippen molar-refractivity contribution < 1.29 is 18.3 Å². The van der Waals surface area contributed by atoms with Crippen LogP contribution in [0.4, 0.5) is 5.82 Å². The molecule has 0 unspecified atom stereocenters. The number of nitrogens with one attached hydrogen (secondary N) is 1. The van der Waals surface area contributed by atoms with E-state index in [2.05, 4.69) is 10.3 Å². The number of sulfonamides is 1. The molecule has 22 heavy (non-hydrogen) atoms. The van der Waals surface area contributed by atoms with E-state index in [1.54, 1.807) is 16.4 Å². The van der Waals surface area contributed by atoms with Crippen molar-refractivity contribution in [2.24, 2.45) is 0 Å². The summed E-state index contributed by atoms with van der Waals surface area (Å²) >= 11 is 0. The lowest BCUT2D eigenvalue weighted by Gasteiger charge is -2.32. The van der Waals surface area contributed by atoms with Crippen molar-refractivity contribution in [3.63, 3.8) is 0 Å². The van der Waals surface area contributed by atoms with Crippen molar-refractivity contribution in [1.82, 2.24) is 9.29 Å². The zero-order valence-corrected chi connectivity index (χ0v) is 12.9. The van der Waals surface area contributed by atoms with E-state index in [0.717, 1.165) is 25.7 Å². The third-order valence-corrected chi connectivity index (χ3v) is 6.38. The Hall–Kier alpha value is -1.67. The van der Waals surface area contributed by atoms with E-state index in [1.807, 2.05) is 0 Å². The number of pyridine rings is 1. The molecular formula is C14H19N3O4S. The predicted octanol–water partition coefficient (Wildman–Crippen LogP) is 1.15. The average Bonchev–Trinajstić information content (AvgIpc) is 3.33. The van der Waals surface area contributed by atoms with Gasteiger partial charge in [0.05, 0.1) is 5.25 Å². The Bertz CT molecular complexity index is 672. The summed E-state index contributed by atoms with van der Waals surface area (Å²) in [5, 5.41) is 11.9. The minimum Gasteiger partial charge on any atom is -0.477 e. The van der Waals surface area contributed by atoms with Crippen LogP contribution in [0.25, 0.3) is 0 Å². The molecule has 7 nitrogen and oxygen atoms in total. The van der Waals surface area contributed by atoms with Gasteiger partial charge in [0.25, 0.3) is 0 Å². The van der Waals surface area contributed by atoms with E-state index in [-0.39, 0.29) is 17.0 Å². The highest BCUT2D eigenvalue weighted by molar-refractivity contribution is 7.90. The van der Waals surface area contributed by atoms with E-state index < -0.39 is 16.0 Å². The third-order valence-electron chi connectivity index (χ3n) is 4.01. The number of anilines is 1. The number of aromatic carboxylic acids is 1. The maximum atomic E-state index is 12.3. The summed E-state index contributed by atoms with van der Waals surface area (Å²) < 4.78 is 26.2. The molecule has 0 spiro atoms. The van der Waals surface area contributed by atoms with Gasteiger partial charge >= 0.3 is 5.97 Å². The molecule has 2 heterocycles. The van der Waals surface area contributed by atoms with Crippen LogP contribution in [-0.2, 0) is 10.0 Å². The molecule has 120 valence electrons. The average molecular weight is 325 g/mol. The first-order chi connectivity index (χ1) is 10.5. The van der Waals surface area contributed by atoms with Crippen molar-refractivity contribution in [3.8, 4) is 0 Å². The van der Waals surface area contributed by atoms with Gasteiger partial charge in [-0.25, -0.2) is 18.2 Å². The molecule has 1 atom stereocenters. The highest BCUT2D eigenvalue weighted by Crippen LogP contribution is 2.32. The molecule has 0 bridgehead atoms. The molecule has 1 aliphatic carbocycles. The maximum absolute atomic E-state index is 12.3. The number of carboxylic acid groups (broad SMARTS) is 1. The Morgan fingerprint density at radius 2 is 2.09 bits per heavy atom. The standard InChI is InChI=1S/C14H19N3O4S/c18-14(19)12-4-1-5-13(16-12)15-10-3-2-8-17(9-10)22(20,21)11-6-7-11/h1,4-5,10-11H,2-3,6-9H2,(H,15,16)(H,18,19)/t10-/m1/s1. The van der Waals surface area contributed by atoms with Crippen LogP contribution in [-0.4, -0.2) is 53.2 Å². The normalized spacial score (nSPS) is 23.2. The summed E-state index contributed by atoms with van der Waals surface area (Å²) in [7, 11) is -3.16. The van der Waals surface area contributed by atoms with E-state index in [9.17, 15) is 13.2 Å². The number of carboxylic acids is 1. The molecule has 1 aromatic rings. The Balaban J connectivity index is 1.68. The molecule has 2 aliphatic rings. The first-order valence-electron chi connectivity index (χ1n) is 7.42. The molecule has 1 aromatic heterocycles. The summed E-state index contributed by atoms with van der Waals surface area (Å²) in [6, 6.07) is 4.71. The van der Waals surface area contributed by atoms with Crippen molar-refractivity contribution in [1.29, 1.82) is 0 Å². The minimum atomic E-state index is -3.16. The largest absolute Gasteiger partial charge is 0.477 e. The number of nitrogens with zero attached hydrogens (tertiary/aromatic N) is 2. The number of hydrogen-bond acceptors (Lipinski definition) is 5. The van der Waals surface area contributed by atoms with Crippen molar-refractivity contribution in [2.45, 2.75) is 37.0 Å². The fourth-order valence-corrected chi connectivity index (χ4v) is 4.64. The summed E-state index contributed by atoms with van der Waals surface area (Å²) in [5.41, 5.74) is -0.0248. The molecular weight excluding hydrogens is 306 g/mol. The van der Waals surface area contributed by atoms with Crippen LogP contribution in [0.5, 0.6) is 0 Å². The molecule has 3 rings (SSSR count). The Labute approximate surface area is 129 Å². The van der Waals surface area contributed by atoms with Crippen molar-refractivity contribution in [3.05, 3.63) is 23.9 Å². The van der Waals surface area contributed by atoms with E-state index >= 15 is 0 Å². The lowest BCUT2D eigenvalue weighted by Crippen LogP contribution is -2.46. The van der Waals surface area contributed by atoms with Crippen LogP contribution in [0, 0.1) is 0 Å². The highest BCUT2D eigenvalue weighted by Gasteiger charge is 2.41. The zero-order valence-electron chi connectivity index (χ0n) is 12.1. The summed E-state index contributed by atoms with van der Waals surface area (Å²) in [6.07, 6.45) is 3.16. The minimum absolute atomic E-state index is 0.0248. The fraction of sp³-hybridized carbons (Fsp3) is 0.571. The van der Waals surface area contributed by atoms with Gasteiger partial charge in [0.15, 0.2) is 5.69 Å². The number of rotatable bonds is 5. The van der Waals surface area contributed by atoms with E-state index in [4.69, 9.17) is 5.11 Å². The van der Waals surface area contributed by atoms with Gasteiger partial charge in [-0.15, -0.1) is 0 Å². The number of aromatic nitrogens is 1. The van der Waals surface area contributed by atoms with Gasteiger partial charge in [-0.3, -0.25) is 0 Å². The Kier molecular flexibility index (Phi) is 4.05. The second-order valence-electron chi connectivity index (χ2n) is 5.80. The Morgan fingerprint density at radius 1 is 1.32 bits per heavy atom. The van der Waals surface area contributed by atoms with Gasteiger partial charge in [0.2, 0.25) is 10.0 Å². The lowest BCUT2D eigenvalue weighted by atomic mass is 10.1. The van der Waals surface area contributed by atoms with Crippen molar-refractivity contribution >= 4 is 21.8 Å². The smallest absolute Gasteiger partial charge is 0.354 e. The van der Waals surface area contributed by atoms with Gasteiger partial charge in [-0.1, -0.05) is 6.07 Å². The van der Waals surface area contributed by atoms with E-state index in [1.165, 1.54) is 6.07 Å². The monoisotopic (exact) mass is 325 g/mol. The summed E-state index contributed by atoms with van der Waals surface area (Å²) in [4.78, 5) is 15.0. The molecule has 0 amide bonds. The molecule has 2 N–H and O–H groups in total. The summed E-state index contributed by atoms with van der Waals surface area (Å²) in [6.45, 7) is 0.984. The molecule has 0 aromatic carbocycles. The first kappa shape index (κ1) is 15.2. The predicted molar refractivity (Wildman–Crippen MR) is 81.4 cm³/mol. The molecule has 1 saturated carbocycles. The van der Waals surface area contributed by atoms with Crippen molar-refractivity contribution in [2.75, 3.05) is 18.4 Å². The van der Waals surface area contributed by atoms with Gasteiger partial charge < -0.3 is 10.4 Å². The summed E-state index contributed by atoms with van der Waals surface area (Å²) in [5.74, 6) is -0.610. The topological polar surface area (TPSA) is 99.6 Å².